The number of nitrogens with one attached hydrogen (secondary N) is 1. The number of amides is 1. The van der Waals surface area contributed by atoms with Gasteiger partial charge in [-0.1, -0.05) is 12.1 Å². The van der Waals surface area contributed by atoms with Gasteiger partial charge in [0.25, 0.3) is 5.91 Å². The van der Waals surface area contributed by atoms with Gasteiger partial charge in [0.15, 0.2) is 5.82 Å². The minimum Gasteiger partial charge on any atom is -0.347 e. The summed E-state index contributed by atoms with van der Waals surface area (Å²) in [6.07, 6.45) is 1.75. The van der Waals surface area contributed by atoms with Crippen LogP contribution in [-0.4, -0.2) is 25.7 Å². The fourth-order valence-corrected chi connectivity index (χ4v) is 2.45. The molecule has 0 aliphatic carbocycles. The van der Waals surface area contributed by atoms with Crippen LogP contribution in [0, 0.1) is 20.8 Å². The number of rotatable bonds is 4. The molecule has 1 N–H and O–H groups in total. The van der Waals surface area contributed by atoms with Crippen molar-refractivity contribution in [1.82, 2.24) is 25.1 Å². The lowest BCUT2D eigenvalue weighted by Gasteiger charge is -2.07. The molecule has 0 aliphatic rings. The maximum absolute atomic E-state index is 12.1. The van der Waals surface area contributed by atoms with Gasteiger partial charge in [-0.15, -0.1) is 0 Å². The Balaban J connectivity index is 1.66. The predicted octanol–water partition coefficient (Wildman–Crippen LogP) is 2.52. The lowest BCUT2D eigenvalue weighted by Crippen LogP contribution is -2.24. The average Bonchev–Trinajstić information content (AvgIpc) is 2.91. The molecule has 1 amide bonds. The molecule has 3 aromatic heterocycles. The molecule has 6 heteroatoms. The summed E-state index contributed by atoms with van der Waals surface area (Å²) in [5, 5.41) is 7.26. The van der Waals surface area contributed by atoms with E-state index >= 15 is 0 Å². The number of aromatic nitrogens is 4. The number of aryl methyl sites for hydroxylation is 3. The molecule has 0 unspecified atom stereocenters. The van der Waals surface area contributed by atoms with Gasteiger partial charge < -0.3 is 5.32 Å². The van der Waals surface area contributed by atoms with Gasteiger partial charge in [-0.25, -0.2) is 14.6 Å². The SMILES string of the molecule is Cc1cccc(C(=O)NCc2ccc(-n3nc(C)cc3C)nc2)n1. The molecular formula is C18H19N5O. The highest BCUT2D eigenvalue weighted by Gasteiger charge is 2.08. The summed E-state index contributed by atoms with van der Waals surface area (Å²) in [7, 11) is 0. The van der Waals surface area contributed by atoms with Crippen LogP contribution in [0.25, 0.3) is 5.82 Å². The monoisotopic (exact) mass is 321 g/mol. The lowest BCUT2D eigenvalue weighted by atomic mass is 10.2. The summed E-state index contributed by atoms with van der Waals surface area (Å²) in [6.45, 7) is 6.20. The second-order valence-corrected chi connectivity index (χ2v) is 5.71. The van der Waals surface area contributed by atoms with E-state index in [4.69, 9.17) is 0 Å². The van der Waals surface area contributed by atoms with Crippen molar-refractivity contribution in [2.75, 3.05) is 0 Å². The fraction of sp³-hybridized carbons (Fsp3) is 0.222. The highest BCUT2D eigenvalue weighted by atomic mass is 16.1. The summed E-state index contributed by atoms with van der Waals surface area (Å²) >= 11 is 0. The summed E-state index contributed by atoms with van der Waals surface area (Å²) in [4.78, 5) is 20.7. The van der Waals surface area contributed by atoms with Crippen LogP contribution < -0.4 is 5.32 Å². The van der Waals surface area contributed by atoms with Crippen molar-refractivity contribution in [3.63, 3.8) is 0 Å². The van der Waals surface area contributed by atoms with Crippen LogP contribution in [0.3, 0.4) is 0 Å². The fourth-order valence-electron chi connectivity index (χ4n) is 2.45. The van der Waals surface area contributed by atoms with Crippen molar-refractivity contribution in [1.29, 1.82) is 0 Å². The van der Waals surface area contributed by atoms with Crippen molar-refractivity contribution in [3.05, 3.63) is 70.9 Å². The predicted molar refractivity (Wildman–Crippen MR) is 91.0 cm³/mol. The first-order valence-corrected chi connectivity index (χ1v) is 7.73. The van der Waals surface area contributed by atoms with Crippen LogP contribution in [0.5, 0.6) is 0 Å². The van der Waals surface area contributed by atoms with Gasteiger partial charge in [0.2, 0.25) is 0 Å². The quantitative estimate of drug-likeness (QED) is 0.801. The van der Waals surface area contributed by atoms with Crippen molar-refractivity contribution in [3.8, 4) is 5.82 Å². The summed E-state index contributed by atoms with van der Waals surface area (Å²) < 4.78 is 1.80. The number of hydrogen-bond donors (Lipinski definition) is 1. The number of pyridine rings is 2. The summed E-state index contributed by atoms with van der Waals surface area (Å²) in [5.74, 6) is 0.567. The topological polar surface area (TPSA) is 72.7 Å². The Kier molecular flexibility index (Phi) is 4.37. The molecule has 0 atom stereocenters. The lowest BCUT2D eigenvalue weighted by molar-refractivity contribution is 0.0945. The average molecular weight is 321 g/mol. The smallest absolute Gasteiger partial charge is 0.270 e. The number of hydrogen-bond acceptors (Lipinski definition) is 4. The van der Waals surface area contributed by atoms with Crippen molar-refractivity contribution in [2.45, 2.75) is 27.3 Å². The highest BCUT2D eigenvalue weighted by molar-refractivity contribution is 5.92. The number of carbonyl (C=O) groups excluding carboxylic acids is 1. The van der Waals surface area contributed by atoms with E-state index in [0.717, 1.165) is 28.5 Å². The molecule has 0 radical (unpaired) electrons. The standard InChI is InChI=1S/C18H19N5O/c1-12-5-4-6-16(21-12)18(24)20-11-15-7-8-17(19-10-15)23-14(3)9-13(2)22-23/h4-10H,11H2,1-3H3,(H,20,24). The highest BCUT2D eigenvalue weighted by Crippen LogP contribution is 2.10. The van der Waals surface area contributed by atoms with E-state index < -0.39 is 0 Å². The minimum atomic E-state index is -0.193. The Labute approximate surface area is 140 Å². The normalized spacial score (nSPS) is 10.6. The number of nitrogens with zero attached hydrogens (tertiary/aromatic N) is 4. The number of carbonyl (C=O) groups is 1. The van der Waals surface area contributed by atoms with Gasteiger partial charge in [0.05, 0.1) is 5.69 Å². The van der Waals surface area contributed by atoms with E-state index in [1.165, 1.54) is 0 Å². The van der Waals surface area contributed by atoms with E-state index in [1.807, 2.05) is 51.1 Å². The van der Waals surface area contributed by atoms with Crippen LogP contribution in [-0.2, 0) is 6.54 Å². The van der Waals surface area contributed by atoms with E-state index in [1.54, 1.807) is 16.9 Å². The van der Waals surface area contributed by atoms with Gasteiger partial charge in [-0.05, 0) is 50.6 Å². The molecule has 0 saturated heterocycles. The van der Waals surface area contributed by atoms with Gasteiger partial charge in [-0.2, -0.15) is 5.10 Å². The van der Waals surface area contributed by atoms with Crippen LogP contribution in [0.2, 0.25) is 0 Å². The maximum atomic E-state index is 12.1. The summed E-state index contributed by atoms with van der Waals surface area (Å²) in [5.41, 5.74) is 4.14. The molecule has 0 spiro atoms. The van der Waals surface area contributed by atoms with Gasteiger partial charge in [-0.3, -0.25) is 4.79 Å². The first kappa shape index (κ1) is 15.9. The molecule has 0 fully saturated rings. The van der Waals surface area contributed by atoms with Crippen molar-refractivity contribution >= 4 is 5.91 Å². The van der Waals surface area contributed by atoms with Crippen LogP contribution in [0.15, 0.2) is 42.6 Å². The zero-order chi connectivity index (χ0) is 17.1. The van der Waals surface area contributed by atoms with Crippen LogP contribution in [0.4, 0.5) is 0 Å². The van der Waals surface area contributed by atoms with Crippen molar-refractivity contribution in [2.24, 2.45) is 0 Å². The molecule has 6 nitrogen and oxygen atoms in total. The van der Waals surface area contributed by atoms with Crippen LogP contribution in [0.1, 0.15) is 33.1 Å². The largest absolute Gasteiger partial charge is 0.347 e. The van der Waals surface area contributed by atoms with E-state index in [9.17, 15) is 4.79 Å². The molecule has 3 aromatic rings. The maximum Gasteiger partial charge on any atom is 0.270 e. The Bertz CT molecular complexity index is 867. The van der Waals surface area contributed by atoms with Gasteiger partial charge in [0, 0.05) is 24.1 Å². The Morgan fingerprint density at radius 2 is 1.96 bits per heavy atom. The Morgan fingerprint density at radius 1 is 1.12 bits per heavy atom. The second-order valence-electron chi connectivity index (χ2n) is 5.71. The molecular weight excluding hydrogens is 302 g/mol. The Morgan fingerprint density at radius 3 is 2.58 bits per heavy atom. The van der Waals surface area contributed by atoms with E-state index in [2.05, 4.69) is 20.4 Å². The molecule has 122 valence electrons. The third-order valence-electron chi connectivity index (χ3n) is 3.61. The van der Waals surface area contributed by atoms with Crippen molar-refractivity contribution < 1.29 is 4.79 Å². The molecule has 3 rings (SSSR count). The van der Waals surface area contributed by atoms with Gasteiger partial charge >= 0.3 is 0 Å². The molecule has 0 aliphatic heterocycles. The third-order valence-corrected chi connectivity index (χ3v) is 3.61. The zero-order valence-corrected chi connectivity index (χ0v) is 13.9. The zero-order valence-electron chi connectivity index (χ0n) is 13.9. The van der Waals surface area contributed by atoms with Gasteiger partial charge in [0.1, 0.15) is 5.69 Å². The van der Waals surface area contributed by atoms with Crippen LogP contribution >= 0.6 is 0 Å². The minimum absolute atomic E-state index is 0.193. The first-order valence-electron chi connectivity index (χ1n) is 7.73. The third kappa shape index (κ3) is 3.48. The van der Waals surface area contributed by atoms with E-state index in [0.29, 0.717) is 12.2 Å². The Hall–Kier alpha value is -3.02. The molecule has 0 bridgehead atoms. The van der Waals surface area contributed by atoms with E-state index in [-0.39, 0.29) is 5.91 Å². The second kappa shape index (κ2) is 6.62. The molecule has 3 heterocycles. The summed E-state index contributed by atoms with van der Waals surface area (Å²) in [6, 6.07) is 11.2. The molecule has 0 saturated carbocycles. The molecule has 0 aromatic carbocycles. The molecule has 24 heavy (non-hydrogen) atoms. The first-order chi connectivity index (χ1) is 11.5.